The van der Waals surface area contributed by atoms with Crippen molar-refractivity contribution in [2.24, 2.45) is 0 Å². The van der Waals surface area contributed by atoms with Gasteiger partial charge in [0.25, 0.3) is 0 Å². The van der Waals surface area contributed by atoms with Crippen LogP contribution in [0.2, 0.25) is 0 Å². The van der Waals surface area contributed by atoms with Gasteiger partial charge in [-0.05, 0) is 18.4 Å². The van der Waals surface area contributed by atoms with E-state index in [2.05, 4.69) is 6.92 Å². The molecule has 0 amide bonds. The highest BCUT2D eigenvalue weighted by Crippen LogP contribution is 2.32. The summed E-state index contributed by atoms with van der Waals surface area (Å²) in [5, 5.41) is 0. The third kappa shape index (κ3) is 4.16. The molecule has 0 aliphatic carbocycles. The van der Waals surface area contributed by atoms with Gasteiger partial charge in [-0.2, -0.15) is 0 Å². The Balaban J connectivity index is 2.20. The molecule has 0 radical (unpaired) electrons. The first-order valence-electron chi connectivity index (χ1n) is 8.48. The summed E-state index contributed by atoms with van der Waals surface area (Å²) in [5.74, 6) is -5.19. The van der Waals surface area contributed by atoms with Crippen LogP contribution in [0.1, 0.15) is 51.0 Å². The third-order valence-corrected chi connectivity index (χ3v) is 4.20. The zero-order valence-corrected chi connectivity index (χ0v) is 13.8. The van der Waals surface area contributed by atoms with Crippen LogP contribution in [0.15, 0.2) is 30.3 Å². The van der Waals surface area contributed by atoms with Crippen molar-refractivity contribution >= 4 is 0 Å². The molecule has 0 bridgehead atoms. The lowest BCUT2D eigenvalue weighted by molar-refractivity contribution is 0.439. The number of halogens is 4. The zero-order valence-electron chi connectivity index (χ0n) is 13.8. The average Bonchev–Trinajstić information content (AvgIpc) is 2.60. The van der Waals surface area contributed by atoms with Crippen molar-refractivity contribution in [3.8, 4) is 11.1 Å². The minimum absolute atomic E-state index is 0.00665. The van der Waals surface area contributed by atoms with Gasteiger partial charge in [-0.1, -0.05) is 69.4 Å². The highest BCUT2D eigenvalue weighted by atomic mass is 19.2. The van der Waals surface area contributed by atoms with Crippen molar-refractivity contribution in [1.29, 1.82) is 0 Å². The summed E-state index contributed by atoms with van der Waals surface area (Å²) >= 11 is 0. The van der Waals surface area contributed by atoms with Gasteiger partial charge in [0.2, 0.25) is 0 Å². The summed E-state index contributed by atoms with van der Waals surface area (Å²) in [6, 6.07) is 7.64. The van der Waals surface area contributed by atoms with E-state index < -0.39 is 34.4 Å². The summed E-state index contributed by atoms with van der Waals surface area (Å²) in [5.41, 5.74) is -1.01. The average molecular weight is 338 g/mol. The molecular weight excluding hydrogens is 316 g/mol. The van der Waals surface area contributed by atoms with Crippen molar-refractivity contribution in [3.05, 3.63) is 59.2 Å². The first-order chi connectivity index (χ1) is 11.6. The lowest BCUT2D eigenvalue weighted by Gasteiger charge is -2.12. The highest BCUT2D eigenvalue weighted by Gasteiger charge is 2.25. The number of unbranched alkanes of at least 4 members (excludes halogenated alkanes) is 5. The molecule has 0 unspecified atom stereocenters. The molecule has 0 N–H and O–H groups in total. The van der Waals surface area contributed by atoms with Crippen LogP contribution in [0.4, 0.5) is 17.6 Å². The molecule has 24 heavy (non-hydrogen) atoms. The molecule has 0 saturated heterocycles. The van der Waals surface area contributed by atoms with E-state index in [-0.39, 0.29) is 12.0 Å². The van der Waals surface area contributed by atoms with E-state index in [1.807, 2.05) is 0 Å². The van der Waals surface area contributed by atoms with Gasteiger partial charge < -0.3 is 0 Å². The fourth-order valence-corrected chi connectivity index (χ4v) is 2.84. The van der Waals surface area contributed by atoms with Crippen LogP contribution in [0.3, 0.4) is 0 Å². The summed E-state index contributed by atoms with van der Waals surface area (Å²) in [6.07, 6.45) is 5.58. The molecule has 2 aromatic rings. The fraction of sp³-hybridized carbons (Fsp3) is 0.400. The number of rotatable bonds is 8. The Morgan fingerprint density at radius 2 is 1.21 bits per heavy atom. The van der Waals surface area contributed by atoms with Crippen LogP contribution in [0.25, 0.3) is 11.1 Å². The van der Waals surface area contributed by atoms with E-state index in [0.717, 1.165) is 32.1 Å². The van der Waals surface area contributed by atoms with Crippen LogP contribution in [-0.4, -0.2) is 0 Å². The van der Waals surface area contributed by atoms with E-state index in [4.69, 9.17) is 0 Å². The van der Waals surface area contributed by atoms with Crippen molar-refractivity contribution in [1.82, 2.24) is 0 Å². The predicted octanol–water partition coefficient (Wildman–Crippen LogP) is 6.81. The molecule has 0 atom stereocenters. The van der Waals surface area contributed by atoms with Crippen LogP contribution in [0, 0.1) is 23.3 Å². The van der Waals surface area contributed by atoms with Crippen molar-refractivity contribution < 1.29 is 17.6 Å². The Morgan fingerprint density at radius 3 is 1.79 bits per heavy atom. The quantitative estimate of drug-likeness (QED) is 0.282. The molecule has 2 aromatic carbocycles. The van der Waals surface area contributed by atoms with Gasteiger partial charge >= 0.3 is 0 Å². The van der Waals surface area contributed by atoms with Crippen LogP contribution >= 0.6 is 0 Å². The molecule has 0 heterocycles. The van der Waals surface area contributed by atoms with Crippen LogP contribution in [0.5, 0.6) is 0 Å². The van der Waals surface area contributed by atoms with E-state index in [1.54, 1.807) is 18.2 Å². The lowest BCUT2D eigenvalue weighted by Crippen LogP contribution is -2.06. The lowest BCUT2D eigenvalue weighted by atomic mass is 9.98. The molecule has 2 rings (SSSR count). The van der Waals surface area contributed by atoms with Gasteiger partial charge in [-0.15, -0.1) is 0 Å². The Kier molecular flexibility index (Phi) is 6.83. The monoisotopic (exact) mass is 338 g/mol. The third-order valence-electron chi connectivity index (χ3n) is 4.20. The maximum Gasteiger partial charge on any atom is 0.170 e. The molecule has 0 saturated carbocycles. The van der Waals surface area contributed by atoms with Crippen molar-refractivity contribution in [2.45, 2.75) is 51.9 Å². The Bertz CT molecular complexity index is 636. The number of hydrogen-bond acceptors (Lipinski definition) is 0. The molecule has 0 aromatic heterocycles. The van der Waals surface area contributed by atoms with Crippen molar-refractivity contribution in [2.75, 3.05) is 0 Å². The minimum atomic E-state index is -1.32. The fourth-order valence-electron chi connectivity index (χ4n) is 2.84. The number of benzene rings is 2. The molecule has 0 aliphatic heterocycles. The smallest absolute Gasteiger partial charge is 0.170 e. The van der Waals surface area contributed by atoms with Crippen molar-refractivity contribution in [3.63, 3.8) is 0 Å². The maximum absolute atomic E-state index is 14.3. The maximum atomic E-state index is 14.3. The molecule has 0 nitrogen and oxygen atoms in total. The summed E-state index contributed by atoms with van der Waals surface area (Å²) in [4.78, 5) is 0. The van der Waals surface area contributed by atoms with Gasteiger partial charge in [0.05, 0.1) is 5.56 Å². The van der Waals surface area contributed by atoms with E-state index in [0.29, 0.717) is 6.42 Å². The summed E-state index contributed by atoms with van der Waals surface area (Å²) in [7, 11) is 0. The van der Waals surface area contributed by atoms with E-state index in [9.17, 15) is 17.6 Å². The minimum Gasteiger partial charge on any atom is -0.203 e. The van der Waals surface area contributed by atoms with Crippen LogP contribution in [-0.2, 0) is 6.42 Å². The van der Waals surface area contributed by atoms with E-state index in [1.165, 1.54) is 12.1 Å². The molecule has 4 heteroatoms. The van der Waals surface area contributed by atoms with Gasteiger partial charge in [-0.3, -0.25) is 0 Å². The SMILES string of the molecule is CCCCCCCCc1c(F)c(F)c(-c2ccccc2)c(F)c1F. The topological polar surface area (TPSA) is 0 Å². The van der Waals surface area contributed by atoms with Gasteiger partial charge in [-0.25, -0.2) is 17.6 Å². The largest absolute Gasteiger partial charge is 0.203 e. The normalized spacial score (nSPS) is 11.0. The number of hydrogen-bond donors (Lipinski definition) is 0. The summed E-state index contributed by atoms with van der Waals surface area (Å²) in [6.45, 7) is 2.10. The first kappa shape index (κ1) is 18.5. The second-order valence-corrected chi connectivity index (χ2v) is 5.99. The standard InChI is InChI=1S/C20H22F4/c1-2-3-4-5-6-10-13-15-17(21)19(23)16(20(24)18(15)22)14-11-8-7-9-12-14/h7-9,11-12H,2-6,10,13H2,1H3. The Morgan fingerprint density at radius 1 is 0.667 bits per heavy atom. The predicted molar refractivity (Wildman–Crippen MR) is 88.8 cm³/mol. The van der Waals surface area contributed by atoms with E-state index >= 15 is 0 Å². The second-order valence-electron chi connectivity index (χ2n) is 5.99. The zero-order chi connectivity index (χ0) is 17.5. The van der Waals surface area contributed by atoms with Gasteiger partial charge in [0.1, 0.15) is 0 Å². The molecule has 0 spiro atoms. The van der Waals surface area contributed by atoms with Crippen LogP contribution < -0.4 is 0 Å². The highest BCUT2D eigenvalue weighted by molar-refractivity contribution is 5.65. The molecule has 130 valence electrons. The summed E-state index contributed by atoms with van der Waals surface area (Å²) < 4.78 is 57.0. The second kappa shape index (κ2) is 8.86. The van der Waals surface area contributed by atoms with Gasteiger partial charge in [0.15, 0.2) is 23.3 Å². The molecular formula is C20H22F4. The first-order valence-corrected chi connectivity index (χ1v) is 8.48. The Labute approximate surface area is 140 Å². The molecule has 0 aliphatic rings. The Hall–Kier alpha value is -1.84. The molecule has 0 fully saturated rings. The van der Waals surface area contributed by atoms with Gasteiger partial charge in [0, 0.05) is 5.56 Å².